The molecule has 0 aliphatic rings. The largest absolute Gasteiger partial charge is 0.493 e. The van der Waals surface area contributed by atoms with Crippen LogP contribution in [0.5, 0.6) is 11.5 Å². The minimum absolute atomic E-state index is 0.553. The van der Waals surface area contributed by atoms with Crippen LogP contribution in [0, 0.1) is 0 Å². The molecule has 142 valence electrons. The molecule has 2 aromatic heterocycles. The number of anilines is 2. The van der Waals surface area contributed by atoms with Crippen LogP contribution in [0.25, 0.3) is 10.9 Å². The highest BCUT2D eigenvalue weighted by atomic mass is 16.5. The summed E-state index contributed by atoms with van der Waals surface area (Å²) >= 11 is 0. The Hall–Kier alpha value is -3.09. The number of nitrogens with zero attached hydrogens (tertiary/aromatic N) is 3. The van der Waals surface area contributed by atoms with Crippen molar-refractivity contribution >= 4 is 22.7 Å². The molecule has 2 N–H and O–H groups in total. The maximum Gasteiger partial charge on any atom is 0.225 e. The van der Waals surface area contributed by atoms with Crippen LogP contribution in [0.4, 0.5) is 11.8 Å². The Labute approximate surface area is 159 Å². The minimum atomic E-state index is 0.553. The maximum atomic E-state index is 5.43. The van der Waals surface area contributed by atoms with Crippen molar-refractivity contribution in [3.63, 3.8) is 0 Å². The highest BCUT2D eigenvalue weighted by Crippen LogP contribution is 2.34. The third kappa shape index (κ3) is 4.55. The molecule has 1 aromatic carbocycles. The summed E-state index contributed by atoms with van der Waals surface area (Å²) in [5.74, 6) is 2.63. The number of fused-ring (bicyclic) bond motifs is 1. The van der Waals surface area contributed by atoms with E-state index < -0.39 is 0 Å². The van der Waals surface area contributed by atoms with Crippen molar-refractivity contribution in [2.45, 2.75) is 26.3 Å². The lowest BCUT2D eigenvalue weighted by molar-refractivity contribution is 0.356. The van der Waals surface area contributed by atoms with Gasteiger partial charge in [-0.05, 0) is 24.1 Å². The maximum absolute atomic E-state index is 5.43. The summed E-state index contributed by atoms with van der Waals surface area (Å²) in [6.07, 6.45) is 5.75. The molecular weight excluding hydrogens is 342 g/mol. The average Bonchev–Trinajstić information content (AvgIpc) is 2.72. The van der Waals surface area contributed by atoms with Gasteiger partial charge in [-0.25, -0.2) is 4.98 Å². The van der Waals surface area contributed by atoms with E-state index in [1.807, 2.05) is 30.5 Å². The van der Waals surface area contributed by atoms with Gasteiger partial charge in [-0.1, -0.05) is 19.4 Å². The third-order valence-corrected chi connectivity index (χ3v) is 4.20. The fourth-order valence-electron chi connectivity index (χ4n) is 2.74. The lowest BCUT2D eigenvalue weighted by Crippen LogP contribution is -2.09. The van der Waals surface area contributed by atoms with Gasteiger partial charge in [-0.2, -0.15) is 4.98 Å². The van der Waals surface area contributed by atoms with Gasteiger partial charge in [0.15, 0.2) is 11.5 Å². The van der Waals surface area contributed by atoms with Crippen LogP contribution >= 0.6 is 0 Å². The number of hydrogen-bond donors (Lipinski definition) is 2. The molecule has 3 rings (SSSR count). The van der Waals surface area contributed by atoms with Crippen molar-refractivity contribution in [1.29, 1.82) is 0 Å². The first kappa shape index (κ1) is 18.7. The van der Waals surface area contributed by atoms with Crippen LogP contribution in [-0.2, 0) is 6.54 Å². The summed E-state index contributed by atoms with van der Waals surface area (Å²) in [6.45, 7) is 3.61. The number of ether oxygens (including phenoxy) is 2. The van der Waals surface area contributed by atoms with Crippen molar-refractivity contribution in [2.24, 2.45) is 0 Å². The molecule has 0 bridgehead atoms. The van der Waals surface area contributed by atoms with Crippen molar-refractivity contribution in [1.82, 2.24) is 15.0 Å². The van der Waals surface area contributed by atoms with Gasteiger partial charge in [0.1, 0.15) is 5.82 Å². The number of hydrogen-bond acceptors (Lipinski definition) is 7. The summed E-state index contributed by atoms with van der Waals surface area (Å²) in [5.41, 5.74) is 1.85. The number of methoxy groups -OCH3 is 2. The number of pyridine rings is 1. The predicted molar refractivity (Wildman–Crippen MR) is 108 cm³/mol. The van der Waals surface area contributed by atoms with Gasteiger partial charge in [0.25, 0.3) is 0 Å². The van der Waals surface area contributed by atoms with E-state index in [-0.39, 0.29) is 0 Å². The normalized spacial score (nSPS) is 10.6. The molecule has 0 fully saturated rings. The summed E-state index contributed by atoms with van der Waals surface area (Å²) in [4.78, 5) is 13.4. The first-order valence-electron chi connectivity index (χ1n) is 9.05. The van der Waals surface area contributed by atoms with Crippen LogP contribution in [-0.4, -0.2) is 35.7 Å². The smallest absolute Gasteiger partial charge is 0.225 e. The molecule has 0 amide bonds. The number of aromatic nitrogens is 3. The molecule has 0 aliphatic heterocycles. The second kappa shape index (κ2) is 9.02. The van der Waals surface area contributed by atoms with Crippen LogP contribution in [0.1, 0.15) is 25.3 Å². The Kier molecular flexibility index (Phi) is 6.25. The second-order valence-corrected chi connectivity index (χ2v) is 6.12. The van der Waals surface area contributed by atoms with E-state index in [1.165, 1.54) is 0 Å². The Morgan fingerprint density at radius 1 is 1.04 bits per heavy atom. The van der Waals surface area contributed by atoms with E-state index in [1.54, 1.807) is 20.4 Å². The van der Waals surface area contributed by atoms with E-state index in [2.05, 4.69) is 32.5 Å². The average molecular weight is 367 g/mol. The van der Waals surface area contributed by atoms with Gasteiger partial charge in [0, 0.05) is 36.9 Å². The number of rotatable bonds is 9. The van der Waals surface area contributed by atoms with Crippen molar-refractivity contribution in [3.8, 4) is 11.5 Å². The first-order valence-corrected chi connectivity index (χ1v) is 9.05. The second-order valence-electron chi connectivity index (χ2n) is 6.12. The molecule has 0 saturated carbocycles. The Bertz CT molecular complexity index is 886. The standard InChI is InChI=1S/C20H25N5O2/c1-4-5-9-22-19-15-10-17(26-2)18(27-3)11-16(15)24-20(25-19)23-13-14-7-6-8-21-12-14/h6-8,10-12H,4-5,9,13H2,1-3H3,(H2,22,23,24,25). The lowest BCUT2D eigenvalue weighted by atomic mass is 10.2. The number of benzene rings is 1. The molecule has 0 unspecified atom stereocenters. The molecule has 0 saturated heterocycles. The van der Waals surface area contributed by atoms with Crippen molar-refractivity contribution < 1.29 is 9.47 Å². The summed E-state index contributed by atoms with van der Waals surface area (Å²) in [7, 11) is 3.24. The van der Waals surface area contributed by atoms with Gasteiger partial charge in [0.05, 0.1) is 19.7 Å². The molecule has 7 heteroatoms. The van der Waals surface area contributed by atoms with Crippen molar-refractivity contribution in [3.05, 3.63) is 42.2 Å². The van der Waals surface area contributed by atoms with E-state index in [4.69, 9.17) is 9.47 Å². The zero-order valence-electron chi connectivity index (χ0n) is 16.0. The zero-order chi connectivity index (χ0) is 19.1. The van der Waals surface area contributed by atoms with E-state index in [0.29, 0.717) is 24.0 Å². The van der Waals surface area contributed by atoms with E-state index in [9.17, 15) is 0 Å². The quantitative estimate of drug-likeness (QED) is 0.556. The Morgan fingerprint density at radius 2 is 1.85 bits per heavy atom. The Balaban J connectivity index is 1.95. The first-order chi connectivity index (χ1) is 13.2. The Morgan fingerprint density at radius 3 is 2.56 bits per heavy atom. The molecule has 0 radical (unpaired) electrons. The third-order valence-electron chi connectivity index (χ3n) is 4.20. The summed E-state index contributed by atoms with van der Waals surface area (Å²) in [6, 6.07) is 7.70. The van der Waals surface area contributed by atoms with E-state index >= 15 is 0 Å². The predicted octanol–water partition coefficient (Wildman–Crippen LogP) is 3.87. The molecule has 3 aromatic rings. The number of nitrogens with one attached hydrogen (secondary N) is 2. The molecule has 0 atom stereocenters. The molecular formula is C20H25N5O2. The zero-order valence-corrected chi connectivity index (χ0v) is 16.0. The monoisotopic (exact) mass is 367 g/mol. The van der Waals surface area contributed by atoms with Gasteiger partial charge in [-0.15, -0.1) is 0 Å². The minimum Gasteiger partial charge on any atom is -0.493 e. The molecule has 27 heavy (non-hydrogen) atoms. The van der Waals surface area contributed by atoms with Gasteiger partial charge < -0.3 is 20.1 Å². The number of unbranched alkanes of at least 4 members (excludes halogenated alkanes) is 1. The summed E-state index contributed by atoms with van der Waals surface area (Å²) in [5, 5.41) is 7.59. The van der Waals surface area contributed by atoms with E-state index in [0.717, 1.165) is 41.7 Å². The van der Waals surface area contributed by atoms with Gasteiger partial charge in [-0.3, -0.25) is 4.98 Å². The highest BCUT2D eigenvalue weighted by Gasteiger charge is 2.13. The van der Waals surface area contributed by atoms with Crippen LogP contribution < -0.4 is 20.1 Å². The highest BCUT2D eigenvalue weighted by molar-refractivity contribution is 5.92. The fourth-order valence-corrected chi connectivity index (χ4v) is 2.74. The van der Waals surface area contributed by atoms with Crippen molar-refractivity contribution in [2.75, 3.05) is 31.4 Å². The SMILES string of the molecule is CCCCNc1nc(NCc2cccnc2)nc2cc(OC)c(OC)cc12. The van der Waals surface area contributed by atoms with Crippen LogP contribution in [0.3, 0.4) is 0 Å². The van der Waals surface area contributed by atoms with Crippen LogP contribution in [0.2, 0.25) is 0 Å². The molecule has 7 nitrogen and oxygen atoms in total. The fraction of sp³-hybridized carbons (Fsp3) is 0.350. The molecule has 2 heterocycles. The molecule has 0 spiro atoms. The van der Waals surface area contributed by atoms with Gasteiger partial charge in [0.2, 0.25) is 5.95 Å². The van der Waals surface area contributed by atoms with Gasteiger partial charge >= 0.3 is 0 Å². The summed E-state index contributed by atoms with van der Waals surface area (Å²) < 4.78 is 10.8. The lowest BCUT2D eigenvalue weighted by Gasteiger charge is -2.14. The van der Waals surface area contributed by atoms with Crippen LogP contribution in [0.15, 0.2) is 36.7 Å². The molecule has 0 aliphatic carbocycles. The topological polar surface area (TPSA) is 81.2 Å².